The second kappa shape index (κ2) is 8.60. The number of carbonyl (C=O) groups is 1. The normalized spacial score (nSPS) is 11.8. The lowest BCUT2D eigenvalue weighted by atomic mass is 10.1. The molecule has 128 valence electrons. The fourth-order valence-corrected chi connectivity index (χ4v) is 2.38. The van der Waals surface area contributed by atoms with Crippen LogP contribution in [0.2, 0.25) is 5.02 Å². The molecule has 0 fully saturated rings. The largest absolute Gasteiger partial charge is 0.508 e. The van der Waals surface area contributed by atoms with E-state index in [0.717, 1.165) is 24.0 Å². The number of hydrogen-bond donors (Lipinski definition) is 2. The van der Waals surface area contributed by atoms with Gasteiger partial charge in [0.1, 0.15) is 11.5 Å². The van der Waals surface area contributed by atoms with Gasteiger partial charge in [0.2, 0.25) is 0 Å². The molecular formula is C19H22ClNO3. The lowest BCUT2D eigenvalue weighted by Crippen LogP contribution is -2.36. The molecule has 0 heterocycles. The smallest absolute Gasteiger partial charge is 0.260 e. The van der Waals surface area contributed by atoms with E-state index in [1.165, 1.54) is 0 Å². The van der Waals surface area contributed by atoms with E-state index in [4.69, 9.17) is 16.3 Å². The first-order valence-corrected chi connectivity index (χ1v) is 8.32. The van der Waals surface area contributed by atoms with Gasteiger partial charge in [0.05, 0.1) is 0 Å². The van der Waals surface area contributed by atoms with Gasteiger partial charge in [0.15, 0.2) is 6.10 Å². The van der Waals surface area contributed by atoms with Gasteiger partial charge >= 0.3 is 0 Å². The van der Waals surface area contributed by atoms with Crippen LogP contribution in [-0.2, 0) is 11.2 Å². The highest BCUT2D eigenvalue weighted by atomic mass is 35.5. The summed E-state index contributed by atoms with van der Waals surface area (Å²) in [5.74, 6) is 0.743. The minimum atomic E-state index is -0.570. The van der Waals surface area contributed by atoms with E-state index < -0.39 is 6.10 Å². The SMILES string of the molecule is Cc1cc(OC(C)C(=O)NCCCc2ccc(O)cc2)ccc1Cl. The summed E-state index contributed by atoms with van der Waals surface area (Å²) in [4.78, 5) is 12.1. The monoisotopic (exact) mass is 347 g/mol. The molecule has 0 aliphatic rings. The van der Waals surface area contributed by atoms with Gasteiger partial charge < -0.3 is 15.2 Å². The molecule has 2 aromatic carbocycles. The van der Waals surface area contributed by atoms with Gasteiger partial charge in [0.25, 0.3) is 5.91 Å². The van der Waals surface area contributed by atoms with Crippen LogP contribution in [0.4, 0.5) is 0 Å². The van der Waals surface area contributed by atoms with Crippen LogP contribution in [0.3, 0.4) is 0 Å². The number of aryl methyl sites for hydroxylation is 2. The number of phenols is 1. The van der Waals surface area contributed by atoms with Gasteiger partial charge in [-0.3, -0.25) is 4.79 Å². The van der Waals surface area contributed by atoms with Crippen LogP contribution >= 0.6 is 11.6 Å². The fourth-order valence-electron chi connectivity index (χ4n) is 2.26. The molecule has 0 radical (unpaired) electrons. The summed E-state index contributed by atoms with van der Waals surface area (Å²) in [5, 5.41) is 12.8. The maximum atomic E-state index is 12.1. The Balaban J connectivity index is 1.73. The Morgan fingerprint density at radius 2 is 1.96 bits per heavy atom. The van der Waals surface area contributed by atoms with Crippen LogP contribution in [0.15, 0.2) is 42.5 Å². The Bertz CT molecular complexity index is 686. The Labute approximate surface area is 147 Å². The molecule has 0 saturated carbocycles. The number of ether oxygens (including phenoxy) is 1. The minimum absolute atomic E-state index is 0.145. The van der Waals surface area contributed by atoms with Gasteiger partial charge in [-0.15, -0.1) is 0 Å². The molecule has 0 aliphatic heterocycles. The van der Waals surface area contributed by atoms with Crippen LogP contribution in [0.1, 0.15) is 24.5 Å². The first kappa shape index (κ1) is 18.1. The number of carbonyl (C=O) groups excluding carboxylic acids is 1. The van der Waals surface area contributed by atoms with E-state index >= 15 is 0 Å². The number of amides is 1. The number of hydrogen-bond acceptors (Lipinski definition) is 3. The van der Waals surface area contributed by atoms with Crippen molar-refractivity contribution in [1.82, 2.24) is 5.32 Å². The number of halogens is 1. The van der Waals surface area contributed by atoms with Crippen LogP contribution < -0.4 is 10.1 Å². The molecule has 1 amide bonds. The van der Waals surface area contributed by atoms with Crippen molar-refractivity contribution in [3.63, 3.8) is 0 Å². The molecule has 0 saturated heterocycles. The van der Waals surface area contributed by atoms with Crippen molar-refractivity contribution in [2.45, 2.75) is 32.8 Å². The molecule has 2 N–H and O–H groups in total. The number of phenolic OH excluding ortho intramolecular Hbond substituents is 1. The average Bonchev–Trinajstić information content (AvgIpc) is 2.56. The standard InChI is InChI=1S/C19H22ClNO3/c1-13-12-17(9-10-18(13)20)24-14(2)19(23)21-11-3-4-15-5-7-16(22)8-6-15/h5-10,12,14,22H,3-4,11H2,1-2H3,(H,21,23). The summed E-state index contributed by atoms with van der Waals surface area (Å²) in [6.07, 6.45) is 1.09. The highest BCUT2D eigenvalue weighted by Gasteiger charge is 2.14. The van der Waals surface area contributed by atoms with Crippen LogP contribution in [0.5, 0.6) is 11.5 Å². The Morgan fingerprint density at radius 3 is 2.62 bits per heavy atom. The van der Waals surface area contributed by atoms with Crippen molar-refractivity contribution < 1.29 is 14.6 Å². The zero-order chi connectivity index (χ0) is 17.5. The molecule has 0 spiro atoms. The zero-order valence-electron chi connectivity index (χ0n) is 13.9. The molecule has 1 atom stereocenters. The minimum Gasteiger partial charge on any atom is -0.508 e. The molecule has 4 nitrogen and oxygen atoms in total. The van der Waals surface area contributed by atoms with Crippen molar-refractivity contribution in [1.29, 1.82) is 0 Å². The quantitative estimate of drug-likeness (QED) is 0.747. The summed E-state index contributed by atoms with van der Waals surface area (Å²) >= 11 is 5.97. The molecule has 1 unspecified atom stereocenters. The second-order valence-electron chi connectivity index (χ2n) is 5.73. The Kier molecular flexibility index (Phi) is 6.50. The van der Waals surface area contributed by atoms with Gasteiger partial charge in [0, 0.05) is 11.6 Å². The fraction of sp³-hybridized carbons (Fsp3) is 0.316. The summed E-state index contributed by atoms with van der Waals surface area (Å²) in [6.45, 7) is 4.19. The van der Waals surface area contributed by atoms with E-state index in [0.29, 0.717) is 17.3 Å². The van der Waals surface area contributed by atoms with Gasteiger partial charge in [-0.05, 0) is 68.1 Å². The lowest BCUT2D eigenvalue weighted by molar-refractivity contribution is -0.127. The molecule has 2 aromatic rings. The Morgan fingerprint density at radius 1 is 1.25 bits per heavy atom. The maximum absolute atomic E-state index is 12.1. The van der Waals surface area contributed by atoms with Crippen molar-refractivity contribution in [2.24, 2.45) is 0 Å². The first-order valence-electron chi connectivity index (χ1n) is 7.94. The van der Waals surface area contributed by atoms with Crippen LogP contribution in [0.25, 0.3) is 0 Å². The Hall–Kier alpha value is -2.20. The molecule has 0 bridgehead atoms. The third kappa shape index (κ3) is 5.46. The number of rotatable bonds is 7. The number of benzene rings is 2. The van der Waals surface area contributed by atoms with E-state index in [-0.39, 0.29) is 11.7 Å². The van der Waals surface area contributed by atoms with E-state index in [2.05, 4.69) is 5.32 Å². The zero-order valence-corrected chi connectivity index (χ0v) is 14.6. The van der Waals surface area contributed by atoms with Crippen LogP contribution in [-0.4, -0.2) is 23.7 Å². The van der Waals surface area contributed by atoms with Crippen molar-refractivity contribution >= 4 is 17.5 Å². The molecule has 0 aromatic heterocycles. The molecule has 0 aliphatic carbocycles. The summed E-state index contributed by atoms with van der Waals surface area (Å²) in [7, 11) is 0. The summed E-state index contributed by atoms with van der Waals surface area (Å²) in [6, 6.07) is 12.4. The van der Waals surface area contributed by atoms with E-state index in [9.17, 15) is 9.90 Å². The van der Waals surface area contributed by atoms with E-state index in [1.54, 1.807) is 31.2 Å². The highest BCUT2D eigenvalue weighted by Crippen LogP contribution is 2.21. The topological polar surface area (TPSA) is 58.6 Å². The summed E-state index contributed by atoms with van der Waals surface area (Å²) < 4.78 is 5.64. The van der Waals surface area contributed by atoms with Gasteiger partial charge in [-0.1, -0.05) is 23.7 Å². The third-order valence-electron chi connectivity index (χ3n) is 3.69. The maximum Gasteiger partial charge on any atom is 0.260 e. The first-order chi connectivity index (χ1) is 11.5. The van der Waals surface area contributed by atoms with Crippen molar-refractivity contribution in [2.75, 3.05) is 6.54 Å². The number of nitrogens with one attached hydrogen (secondary N) is 1. The molecular weight excluding hydrogens is 326 g/mol. The highest BCUT2D eigenvalue weighted by molar-refractivity contribution is 6.31. The number of aromatic hydroxyl groups is 1. The van der Waals surface area contributed by atoms with Gasteiger partial charge in [-0.2, -0.15) is 0 Å². The predicted octanol–water partition coefficient (Wildman–Crippen LogP) is 3.87. The van der Waals surface area contributed by atoms with Crippen molar-refractivity contribution in [3.8, 4) is 11.5 Å². The molecule has 24 heavy (non-hydrogen) atoms. The predicted molar refractivity (Wildman–Crippen MR) is 95.7 cm³/mol. The average molecular weight is 348 g/mol. The third-order valence-corrected chi connectivity index (χ3v) is 4.11. The van der Waals surface area contributed by atoms with Crippen molar-refractivity contribution in [3.05, 3.63) is 58.6 Å². The molecule has 2 rings (SSSR count). The van der Waals surface area contributed by atoms with E-state index in [1.807, 2.05) is 25.1 Å². The summed E-state index contributed by atoms with van der Waals surface area (Å²) in [5.41, 5.74) is 2.04. The molecule has 5 heteroatoms. The second-order valence-corrected chi connectivity index (χ2v) is 6.14. The lowest BCUT2D eigenvalue weighted by Gasteiger charge is -2.15. The van der Waals surface area contributed by atoms with Crippen LogP contribution in [0, 0.1) is 6.92 Å². The van der Waals surface area contributed by atoms with Gasteiger partial charge in [-0.25, -0.2) is 0 Å².